The van der Waals surface area contributed by atoms with Gasteiger partial charge < -0.3 is 10.6 Å². The summed E-state index contributed by atoms with van der Waals surface area (Å²) in [5, 5.41) is 17.6. The van der Waals surface area contributed by atoms with E-state index in [-0.39, 0.29) is 17.5 Å². The van der Waals surface area contributed by atoms with Gasteiger partial charge in [0.15, 0.2) is 0 Å². The number of carbonyl (C=O) groups is 1. The minimum atomic E-state index is -0.294. The van der Waals surface area contributed by atoms with E-state index in [0.717, 1.165) is 42.1 Å². The van der Waals surface area contributed by atoms with Crippen LogP contribution in [0.1, 0.15) is 32.1 Å². The highest BCUT2D eigenvalue weighted by atomic mass is 16.1. The Labute approximate surface area is 142 Å². The van der Waals surface area contributed by atoms with Gasteiger partial charge in [0, 0.05) is 23.3 Å². The van der Waals surface area contributed by atoms with Crippen molar-refractivity contribution in [2.75, 3.05) is 5.32 Å². The third-order valence-corrected chi connectivity index (χ3v) is 4.47. The molecule has 122 valence electrons. The number of nitriles is 1. The van der Waals surface area contributed by atoms with E-state index in [1.807, 2.05) is 48.5 Å². The molecular weight excluding hydrogens is 298 g/mol. The first-order valence-corrected chi connectivity index (χ1v) is 8.43. The standard InChI is InChI=1S/C20H21N3O/c21-13-16(20(24)23-17-9-2-1-3-10-17)14-22-19-12-6-8-15-7-4-5-11-18(15)19/h4-8,11-12,14,17,22H,1-3,9-10H2,(H,23,24)/b16-14-. The molecule has 0 unspecified atom stereocenters. The van der Waals surface area contributed by atoms with Crippen LogP contribution in [0.4, 0.5) is 5.69 Å². The summed E-state index contributed by atoms with van der Waals surface area (Å²) in [5.41, 5.74) is 0.986. The van der Waals surface area contributed by atoms with E-state index in [1.165, 1.54) is 12.6 Å². The van der Waals surface area contributed by atoms with Gasteiger partial charge in [-0.05, 0) is 24.3 Å². The summed E-state index contributed by atoms with van der Waals surface area (Å²) in [5.74, 6) is -0.294. The molecule has 0 radical (unpaired) electrons. The molecule has 2 N–H and O–H groups in total. The van der Waals surface area contributed by atoms with Crippen LogP contribution < -0.4 is 10.6 Å². The number of anilines is 1. The molecule has 1 fully saturated rings. The summed E-state index contributed by atoms with van der Waals surface area (Å²) in [6, 6.07) is 16.1. The summed E-state index contributed by atoms with van der Waals surface area (Å²) < 4.78 is 0. The minimum Gasteiger partial charge on any atom is -0.360 e. The highest BCUT2D eigenvalue weighted by Crippen LogP contribution is 2.23. The number of hydrogen-bond acceptors (Lipinski definition) is 3. The average Bonchev–Trinajstić information content (AvgIpc) is 2.63. The van der Waals surface area contributed by atoms with Gasteiger partial charge >= 0.3 is 0 Å². The fourth-order valence-electron chi connectivity index (χ4n) is 3.16. The van der Waals surface area contributed by atoms with Crippen molar-refractivity contribution in [1.82, 2.24) is 5.32 Å². The molecule has 2 aromatic carbocycles. The maximum atomic E-state index is 12.3. The van der Waals surface area contributed by atoms with Gasteiger partial charge in [0.1, 0.15) is 11.6 Å². The molecule has 1 saturated carbocycles. The Morgan fingerprint density at radius 1 is 1.08 bits per heavy atom. The molecule has 1 amide bonds. The van der Waals surface area contributed by atoms with Crippen molar-refractivity contribution in [3.8, 4) is 6.07 Å². The lowest BCUT2D eigenvalue weighted by molar-refractivity contribution is -0.118. The second kappa shape index (κ2) is 7.65. The van der Waals surface area contributed by atoms with E-state index in [4.69, 9.17) is 0 Å². The van der Waals surface area contributed by atoms with Crippen LogP contribution in [0.3, 0.4) is 0 Å². The number of hydrogen-bond donors (Lipinski definition) is 2. The van der Waals surface area contributed by atoms with Gasteiger partial charge in [-0.3, -0.25) is 4.79 Å². The van der Waals surface area contributed by atoms with Gasteiger partial charge in [0.25, 0.3) is 5.91 Å². The maximum absolute atomic E-state index is 12.3. The number of nitrogens with zero attached hydrogens (tertiary/aromatic N) is 1. The van der Waals surface area contributed by atoms with Crippen LogP contribution in [0.5, 0.6) is 0 Å². The molecule has 3 rings (SSSR count). The van der Waals surface area contributed by atoms with Crippen molar-refractivity contribution >= 4 is 22.4 Å². The zero-order valence-electron chi connectivity index (χ0n) is 13.6. The smallest absolute Gasteiger partial charge is 0.263 e. The lowest BCUT2D eigenvalue weighted by Gasteiger charge is -2.22. The maximum Gasteiger partial charge on any atom is 0.263 e. The zero-order chi connectivity index (χ0) is 16.8. The third kappa shape index (κ3) is 3.75. The topological polar surface area (TPSA) is 64.9 Å². The zero-order valence-corrected chi connectivity index (χ0v) is 13.6. The van der Waals surface area contributed by atoms with Gasteiger partial charge in [-0.2, -0.15) is 5.26 Å². The van der Waals surface area contributed by atoms with Crippen molar-refractivity contribution < 1.29 is 4.79 Å². The summed E-state index contributed by atoms with van der Waals surface area (Å²) >= 11 is 0. The molecule has 4 heteroatoms. The predicted molar refractivity (Wildman–Crippen MR) is 96.3 cm³/mol. The van der Waals surface area contributed by atoms with Gasteiger partial charge in [0.2, 0.25) is 0 Å². The van der Waals surface area contributed by atoms with E-state index < -0.39 is 0 Å². The second-order valence-electron chi connectivity index (χ2n) is 6.15. The molecule has 0 bridgehead atoms. The first-order valence-electron chi connectivity index (χ1n) is 8.43. The lowest BCUT2D eigenvalue weighted by atomic mass is 9.95. The molecule has 1 aliphatic rings. The Morgan fingerprint density at radius 3 is 2.62 bits per heavy atom. The number of nitrogens with one attached hydrogen (secondary N) is 2. The number of benzene rings is 2. The fourth-order valence-corrected chi connectivity index (χ4v) is 3.16. The highest BCUT2D eigenvalue weighted by Gasteiger charge is 2.18. The Balaban J connectivity index is 1.73. The molecule has 1 aliphatic carbocycles. The average molecular weight is 319 g/mol. The number of carbonyl (C=O) groups excluding carboxylic acids is 1. The summed E-state index contributed by atoms with van der Waals surface area (Å²) in [4.78, 5) is 12.3. The quantitative estimate of drug-likeness (QED) is 0.658. The molecule has 4 nitrogen and oxygen atoms in total. The predicted octanol–water partition coefficient (Wildman–Crippen LogP) is 4.11. The Hall–Kier alpha value is -2.80. The van der Waals surface area contributed by atoms with E-state index >= 15 is 0 Å². The summed E-state index contributed by atoms with van der Waals surface area (Å²) in [6.07, 6.45) is 7.02. The normalized spacial score (nSPS) is 15.7. The van der Waals surface area contributed by atoms with Crippen molar-refractivity contribution in [2.45, 2.75) is 38.1 Å². The van der Waals surface area contributed by atoms with Gasteiger partial charge in [-0.1, -0.05) is 55.7 Å². The van der Waals surface area contributed by atoms with Crippen molar-refractivity contribution in [1.29, 1.82) is 5.26 Å². The summed E-state index contributed by atoms with van der Waals surface area (Å²) in [7, 11) is 0. The molecule has 24 heavy (non-hydrogen) atoms. The molecule has 2 aromatic rings. The van der Waals surface area contributed by atoms with Gasteiger partial charge in [-0.15, -0.1) is 0 Å². The minimum absolute atomic E-state index is 0.105. The van der Waals surface area contributed by atoms with Crippen molar-refractivity contribution in [2.24, 2.45) is 0 Å². The van der Waals surface area contributed by atoms with E-state index in [1.54, 1.807) is 0 Å². The number of fused-ring (bicyclic) bond motifs is 1. The van der Waals surface area contributed by atoms with Crippen LogP contribution in [-0.2, 0) is 4.79 Å². The Morgan fingerprint density at radius 2 is 1.83 bits per heavy atom. The molecule has 0 aliphatic heterocycles. The summed E-state index contributed by atoms with van der Waals surface area (Å²) in [6.45, 7) is 0. The lowest BCUT2D eigenvalue weighted by Crippen LogP contribution is -2.37. The largest absolute Gasteiger partial charge is 0.360 e. The monoisotopic (exact) mass is 319 g/mol. The SMILES string of the molecule is N#C/C(=C/Nc1cccc2ccccc12)C(=O)NC1CCCCC1. The van der Waals surface area contributed by atoms with Crippen LogP contribution in [-0.4, -0.2) is 11.9 Å². The first-order chi connectivity index (χ1) is 11.8. The van der Waals surface area contributed by atoms with Crippen LogP contribution in [0, 0.1) is 11.3 Å². The molecule has 0 saturated heterocycles. The Bertz CT molecular complexity index is 793. The van der Waals surface area contributed by atoms with E-state index in [9.17, 15) is 10.1 Å². The first kappa shape index (κ1) is 16.1. The Kier molecular flexibility index (Phi) is 5.12. The molecule has 0 spiro atoms. The van der Waals surface area contributed by atoms with Crippen LogP contribution in [0.15, 0.2) is 54.2 Å². The van der Waals surface area contributed by atoms with E-state index in [2.05, 4.69) is 10.6 Å². The molecule has 0 atom stereocenters. The van der Waals surface area contributed by atoms with Crippen molar-refractivity contribution in [3.63, 3.8) is 0 Å². The molecular formula is C20H21N3O. The van der Waals surface area contributed by atoms with E-state index in [0.29, 0.717) is 0 Å². The highest BCUT2D eigenvalue weighted by molar-refractivity contribution is 5.99. The number of rotatable bonds is 4. The van der Waals surface area contributed by atoms with Crippen LogP contribution in [0.2, 0.25) is 0 Å². The van der Waals surface area contributed by atoms with Gasteiger partial charge in [0.05, 0.1) is 0 Å². The fraction of sp³-hybridized carbons (Fsp3) is 0.300. The number of amides is 1. The second-order valence-corrected chi connectivity index (χ2v) is 6.15. The molecule has 0 aromatic heterocycles. The molecule has 0 heterocycles. The van der Waals surface area contributed by atoms with Crippen molar-refractivity contribution in [3.05, 3.63) is 54.2 Å². The van der Waals surface area contributed by atoms with Crippen LogP contribution in [0.25, 0.3) is 10.8 Å². The third-order valence-electron chi connectivity index (χ3n) is 4.47. The van der Waals surface area contributed by atoms with Crippen LogP contribution >= 0.6 is 0 Å². The van der Waals surface area contributed by atoms with Gasteiger partial charge in [-0.25, -0.2) is 0 Å².